The minimum atomic E-state index is -0.778. The van der Waals surface area contributed by atoms with Crippen LogP contribution in [0.3, 0.4) is 0 Å². The summed E-state index contributed by atoms with van der Waals surface area (Å²) < 4.78 is 2.87. The van der Waals surface area contributed by atoms with Crippen molar-refractivity contribution in [3.63, 3.8) is 0 Å². The first-order chi connectivity index (χ1) is 16.7. The average Bonchev–Trinajstić information content (AvgIpc) is 3.37. The summed E-state index contributed by atoms with van der Waals surface area (Å²) >= 11 is 1.10. The Labute approximate surface area is 203 Å². The van der Waals surface area contributed by atoms with E-state index in [1.807, 2.05) is 0 Å². The zero-order valence-corrected chi connectivity index (χ0v) is 19.8. The van der Waals surface area contributed by atoms with E-state index in [0.29, 0.717) is 32.9 Å². The summed E-state index contributed by atoms with van der Waals surface area (Å²) in [5.41, 5.74) is 2.34. The maximum absolute atomic E-state index is 12.2. The Balaban J connectivity index is 1.86. The van der Waals surface area contributed by atoms with Gasteiger partial charge in [-0.1, -0.05) is 36.4 Å². The summed E-state index contributed by atoms with van der Waals surface area (Å²) in [7, 11) is 0. The van der Waals surface area contributed by atoms with Crippen LogP contribution in [0.25, 0.3) is 21.8 Å². The fourth-order valence-corrected chi connectivity index (χ4v) is 5.83. The number of benzene rings is 2. The van der Waals surface area contributed by atoms with E-state index in [0.717, 1.165) is 11.8 Å². The molecular weight excluding hydrogens is 472 g/mol. The second-order valence-electron chi connectivity index (χ2n) is 8.13. The number of rotatable bonds is 8. The molecule has 2 aromatic carbocycles. The van der Waals surface area contributed by atoms with Crippen molar-refractivity contribution >= 4 is 45.4 Å². The number of para-hydroxylation sites is 2. The molecule has 35 heavy (non-hydrogen) atoms. The molecule has 4 rings (SSSR count). The van der Waals surface area contributed by atoms with Crippen molar-refractivity contribution in [2.75, 3.05) is 13.1 Å². The number of nitrogens with zero attached hydrogens (tertiary/aromatic N) is 4. The van der Waals surface area contributed by atoms with Gasteiger partial charge in [-0.05, 0) is 23.3 Å². The first-order valence-electron chi connectivity index (χ1n) is 10.8. The molecule has 11 heteroatoms. The van der Waals surface area contributed by atoms with Crippen LogP contribution >= 0.6 is 11.8 Å². The van der Waals surface area contributed by atoms with Crippen LogP contribution in [0.5, 0.6) is 0 Å². The molecule has 2 aromatic heterocycles. The maximum atomic E-state index is 12.2. The van der Waals surface area contributed by atoms with Gasteiger partial charge in [0.15, 0.2) is 0 Å². The number of aromatic nitrogens is 2. The molecule has 0 aliphatic rings. The topological polar surface area (TPSA) is 130 Å². The third-order valence-corrected chi connectivity index (χ3v) is 7.28. The van der Waals surface area contributed by atoms with Crippen molar-refractivity contribution in [3.05, 3.63) is 92.3 Å². The number of fused-ring (bicyclic) bond motifs is 2. The van der Waals surface area contributed by atoms with E-state index in [9.17, 15) is 29.8 Å². The van der Waals surface area contributed by atoms with Crippen LogP contribution in [0.15, 0.2) is 60.9 Å². The lowest BCUT2D eigenvalue weighted by Crippen LogP contribution is -2.16. The molecule has 180 valence electrons. The van der Waals surface area contributed by atoms with Crippen LogP contribution in [-0.2, 0) is 0 Å². The molecular formula is C24H22N4O6S. The Hall–Kier alpha value is -3.99. The van der Waals surface area contributed by atoms with Gasteiger partial charge in [0.1, 0.15) is 0 Å². The maximum Gasteiger partial charge on any atom is 0.227 e. The zero-order chi connectivity index (χ0) is 25.3. The number of hydrogen-bond donors (Lipinski definition) is 0. The lowest BCUT2D eigenvalue weighted by Gasteiger charge is -2.18. The SMILES string of the molecule is CC(=O)n1cc([C@@H](C[N+](=O)[O-])S[C@H](C[N+](=O)[O-])c2cn(C(C)=O)c3ccccc23)c2ccccc21. The van der Waals surface area contributed by atoms with Crippen molar-refractivity contribution in [1.29, 1.82) is 0 Å². The van der Waals surface area contributed by atoms with Crippen LogP contribution in [0.4, 0.5) is 0 Å². The molecule has 0 radical (unpaired) electrons. The molecule has 10 nitrogen and oxygen atoms in total. The van der Waals surface area contributed by atoms with E-state index in [-0.39, 0.29) is 11.8 Å². The molecule has 0 aliphatic heterocycles. The molecule has 0 saturated carbocycles. The van der Waals surface area contributed by atoms with E-state index in [1.54, 1.807) is 60.9 Å². The van der Waals surface area contributed by atoms with Gasteiger partial charge in [0.2, 0.25) is 24.9 Å². The lowest BCUT2D eigenvalue weighted by atomic mass is 10.1. The van der Waals surface area contributed by atoms with Crippen molar-refractivity contribution < 1.29 is 19.4 Å². The van der Waals surface area contributed by atoms with E-state index < -0.39 is 33.4 Å². The summed E-state index contributed by atoms with van der Waals surface area (Å²) in [5.74, 6) is -0.493. The van der Waals surface area contributed by atoms with Crippen LogP contribution in [-0.4, -0.2) is 43.9 Å². The van der Waals surface area contributed by atoms with Gasteiger partial charge >= 0.3 is 0 Å². The number of carbonyl (C=O) groups is 2. The van der Waals surface area contributed by atoms with Crippen LogP contribution < -0.4 is 0 Å². The predicted molar refractivity (Wildman–Crippen MR) is 133 cm³/mol. The van der Waals surface area contributed by atoms with Crippen LogP contribution in [0, 0.1) is 20.2 Å². The highest BCUT2D eigenvalue weighted by Crippen LogP contribution is 2.45. The molecule has 2 atom stereocenters. The monoisotopic (exact) mass is 494 g/mol. The van der Waals surface area contributed by atoms with Crippen molar-refractivity contribution in [2.45, 2.75) is 24.3 Å². The molecule has 0 spiro atoms. The highest BCUT2D eigenvalue weighted by molar-refractivity contribution is 7.99. The Morgan fingerprint density at radius 3 is 1.49 bits per heavy atom. The van der Waals surface area contributed by atoms with Gasteiger partial charge in [-0.3, -0.25) is 39.0 Å². The van der Waals surface area contributed by atoms with E-state index in [2.05, 4.69) is 0 Å². The Morgan fingerprint density at radius 2 is 1.14 bits per heavy atom. The molecule has 0 fully saturated rings. The van der Waals surface area contributed by atoms with Gasteiger partial charge in [-0.25, -0.2) is 0 Å². The fourth-order valence-electron chi connectivity index (χ4n) is 4.34. The molecule has 2 heterocycles. The van der Waals surface area contributed by atoms with E-state index >= 15 is 0 Å². The van der Waals surface area contributed by atoms with Gasteiger partial charge in [0, 0.05) is 46.9 Å². The Morgan fingerprint density at radius 1 is 0.771 bits per heavy atom. The first-order valence-corrected chi connectivity index (χ1v) is 11.7. The summed E-state index contributed by atoms with van der Waals surface area (Å²) in [6.45, 7) is 1.82. The molecule has 4 aromatic rings. The molecule has 0 amide bonds. The quantitative estimate of drug-likeness (QED) is 0.249. The summed E-state index contributed by atoms with van der Waals surface area (Å²) in [6.07, 6.45) is 3.16. The minimum absolute atomic E-state index is 0.247. The number of thioether (sulfide) groups is 1. The number of hydrogen-bond acceptors (Lipinski definition) is 7. The average molecular weight is 495 g/mol. The van der Waals surface area contributed by atoms with E-state index in [1.165, 1.54) is 23.0 Å². The van der Waals surface area contributed by atoms with Crippen molar-refractivity contribution in [3.8, 4) is 0 Å². The van der Waals surface area contributed by atoms with Gasteiger partial charge in [-0.2, -0.15) is 0 Å². The number of nitro groups is 2. The second kappa shape index (κ2) is 9.71. The van der Waals surface area contributed by atoms with Gasteiger partial charge in [0.05, 0.1) is 21.5 Å². The zero-order valence-electron chi connectivity index (χ0n) is 19.0. The lowest BCUT2D eigenvalue weighted by molar-refractivity contribution is -0.481. The third kappa shape index (κ3) is 4.80. The summed E-state index contributed by atoms with van der Waals surface area (Å²) in [4.78, 5) is 46.8. The van der Waals surface area contributed by atoms with Crippen LogP contribution in [0.1, 0.15) is 45.1 Å². The molecule has 0 unspecified atom stereocenters. The highest BCUT2D eigenvalue weighted by atomic mass is 32.2. The first kappa shape index (κ1) is 24.1. The van der Waals surface area contributed by atoms with Gasteiger partial charge in [0.25, 0.3) is 0 Å². The van der Waals surface area contributed by atoms with E-state index in [4.69, 9.17) is 0 Å². The number of carbonyl (C=O) groups excluding carboxylic acids is 2. The third-order valence-electron chi connectivity index (χ3n) is 5.82. The minimum Gasteiger partial charge on any atom is -0.287 e. The smallest absolute Gasteiger partial charge is 0.227 e. The van der Waals surface area contributed by atoms with Crippen molar-refractivity contribution in [1.82, 2.24) is 9.13 Å². The Bertz CT molecular complexity index is 1360. The van der Waals surface area contributed by atoms with Crippen LogP contribution in [0.2, 0.25) is 0 Å². The molecule has 0 saturated heterocycles. The summed E-state index contributed by atoms with van der Waals surface area (Å²) in [6, 6.07) is 14.2. The standard InChI is InChI=1S/C24H22N4O6S/c1-15(29)25-11-19(17-7-3-5-9-21(17)25)23(13-27(31)32)35-24(14-28(33)34)20-12-26(16(2)30)22-10-6-4-8-18(20)22/h3-12,23-24H,13-14H2,1-2H3/t23-,24-/m1/s1. The normalized spacial score (nSPS) is 13.1. The van der Waals surface area contributed by atoms with Gasteiger partial charge < -0.3 is 0 Å². The Kier molecular flexibility index (Phi) is 6.70. The van der Waals surface area contributed by atoms with Gasteiger partial charge in [-0.15, -0.1) is 11.8 Å². The molecule has 0 aliphatic carbocycles. The second-order valence-corrected chi connectivity index (χ2v) is 9.54. The fraction of sp³-hybridized carbons (Fsp3) is 0.250. The molecule has 0 bridgehead atoms. The highest BCUT2D eigenvalue weighted by Gasteiger charge is 2.32. The molecule has 0 N–H and O–H groups in total. The van der Waals surface area contributed by atoms with Crippen molar-refractivity contribution in [2.24, 2.45) is 0 Å². The predicted octanol–water partition coefficient (Wildman–Crippen LogP) is 4.99. The largest absolute Gasteiger partial charge is 0.287 e. The summed E-state index contributed by atoms with van der Waals surface area (Å²) in [5, 5.41) is 23.1.